The SMILES string of the molecule is CC(NC(=O)C1CC(=O)N(c2ccc3c(c2)OCCO3)C1)c1ccc(S(C)(=O)=O)cc1. The zero-order valence-electron chi connectivity index (χ0n) is 17.3. The number of hydrogen-bond acceptors (Lipinski definition) is 6. The van der Waals surface area contributed by atoms with Gasteiger partial charge in [-0.3, -0.25) is 9.59 Å². The molecule has 9 heteroatoms. The maximum Gasteiger partial charge on any atom is 0.227 e. The van der Waals surface area contributed by atoms with Gasteiger partial charge in [0.05, 0.1) is 16.9 Å². The van der Waals surface area contributed by atoms with Crippen LogP contribution in [0.3, 0.4) is 0 Å². The summed E-state index contributed by atoms with van der Waals surface area (Å²) in [6.07, 6.45) is 1.28. The number of nitrogens with one attached hydrogen (secondary N) is 1. The highest BCUT2D eigenvalue weighted by molar-refractivity contribution is 7.90. The number of benzene rings is 2. The van der Waals surface area contributed by atoms with Crippen LogP contribution >= 0.6 is 0 Å². The van der Waals surface area contributed by atoms with E-state index in [1.54, 1.807) is 35.2 Å². The van der Waals surface area contributed by atoms with E-state index in [9.17, 15) is 18.0 Å². The molecule has 31 heavy (non-hydrogen) atoms. The van der Waals surface area contributed by atoms with Crippen molar-refractivity contribution in [2.45, 2.75) is 24.3 Å². The van der Waals surface area contributed by atoms with Crippen molar-refractivity contribution in [3.05, 3.63) is 48.0 Å². The van der Waals surface area contributed by atoms with E-state index in [4.69, 9.17) is 9.47 Å². The smallest absolute Gasteiger partial charge is 0.227 e. The van der Waals surface area contributed by atoms with Gasteiger partial charge in [0, 0.05) is 31.0 Å². The van der Waals surface area contributed by atoms with Crippen LogP contribution in [-0.4, -0.2) is 46.2 Å². The van der Waals surface area contributed by atoms with Crippen LogP contribution in [0, 0.1) is 5.92 Å². The lowest BCUT2D eigenvalue weighted by molar-refractivity contribution is -0.126. The van der Waals surface area contributed by atoms with E-state index < -0.39 is 15.8 Å². The number of carbonyl (C=O) groups excluding carboxylic acids is 2. The van der Waals surface area contributed by atoms with Gasteiger partial charge in [0.2, 0.25) is 11.8 Å². The molecule has 0 bridgehead atoms. The van der Waals surface area contributed by atoms with Crippen molar-refractivity contribution >= 4 is 27.3 Å². The molecular formula is C22H24N2O6S. The number of hydrogen-bond donors (Lipinski definition) is 1. The maximum absolute atomic E-state index is 12.8. The number of anilines is 1. The summed E-state index contributed by atoms with van der Waals surface area (Å²) < 4.78 is 34.3. The van der Waals surface area contributed by atoms with Gasteiger partial charge < -0.3 is 19.7 Å². The fourth-order valence-electron chi connectivity index (χ4n) is 3.75. The first-order valence-corrected chi connectivity index (χ1v) is 11.9. The Hall–Kier alpha value is -3.07. The van der Waals surface area contributed by atoms with E-state index in [2.05, 4.69) is 5.32 Å². The van der Waals surface area contributed by atoms with Crippen LogP contribution in [0.2, 0.25) is 0 Å². The van der Waals surface area contributed by atoms with Crippen molar-refractivity contribution in [2.75, 3.05) is 30.9 Å². The van der Waals surface area contributed by atoms with E-state index in [0.717, 1.165) is 11.8 Å². The largest absolute Gasteiger partial charge is 0.486 e. The number of sulfone groups is 1. The first kappa shape index (κ1) is 21.2. The minimum Gasteiger partial charge on any atom is -0.486 e. The number of carbonyl (C=O) groups is 2. The Morgan fingerprint density at radius 1 is 1.10 bits per heavy atom. The molecule has 1 N–H and O–H groups in total. The lowest BCUT2D eigenvalue weighted by atomic mass is 10.1. The molecule has 2 aromatic rings. The molecule has 0 aromatic heterocycles. The lowest BCUT2D eigenvalue weighted by Gasteiger charge is -2.22. The van der Waals surface area contributed by atoms with E-state index in [0.29, 0.717) is 30.4 Å². The third-order valence-electron chi connectivity index (χ3n) is 5.50. The Bertz CT molecular complexity index is 1110. The van der Waals surface area contributed by atoms with Crippen LogP contribution in [0.25, 0.3) is 0 Å². The van der Waals surface area contributed by atoms with Gasteiger partial charge in [-0.2, -0.15) is 0 Å². The van der Waals surface area contributed by atoms with E-state index in [-0.39, 0.29) is 35.7 Å². The molecule has 1 saturated heterocycles. The molecule has 0 radical (unpaired) electrons. The fraction of sp³-hybridized carbons (Fsp3) is 0.364. The van der Waals surface area contributed by atoms with Gasteiger partial charge in [-0.1, -0.05) is 12.1 Å². The summed E-state index contributed by atoms with van der Waals surface area (Å²) in [5.74, 6) is 0.427. The summed E-state index contributed by atoms with van der Waals surface area (Å²) in [5.41, 5.74) is 1.46. The van der Waals surface area contributed by atoms with Crippen LogP contribution in [0.15, 0.2) is 47.4 Å². The second-order valence-electron chi connectivity index (χ2n) is 7.80. The van der Waals surface area contributed by atoms with Gasteiger partial charge in [0.1, 0.15) is 13.2 Å². The zero-order valence-corrected chi connectivity index (χ0v) is 18.1. The van der Waals surface area contributed by atoms with Crippen molar-refractivity contribution in [1.29, 1.82) is 0 Å². The highest BCUT2D eigenvalue weighted by Crippen LogP contribution is 2.36. The molecular weight excluding hydrogens is 420 g/mol. The van der Waals surface area contributed by atoms with Crippen molar-refractivity contribution < 1.29 is 27.5 Å². The molecule has 1 fully saturated rings. The summed E-state index contributed by atoms with van der Waals surface area (Å²) in [5, 5.41) is 2.93. The Kier molecular flexibility index (Phi) is 5.62. The summed E-state index contributed by atoms with van der Waals surface area (Å²) in [7, 11) is -3.27. The average molecular weight is 445 g/mol. The topological polar surface area (TPSA) is 102 Å². The van der Waals surface area contributed by atoms with Gasteiger partial charge in [-0.15, -0.1) is 0 Å². The molecule has 164 valence electrons. The number of nitrogens with zero attached hydrogens (tertiary/aromatic N) is 1. The standard InChI is InChI=1S/C22H24N2O6S/c1-14(15-3-6-18(7-4-15)31(2,27)28)23-22(26)16-11-21(25)24(13-16)17-5-8-19-20(12-17)30-10-9-29-19/h3-8,12,14,16H,9-11,13H2,1-2H3,(H,23,26). The van der Waals surface area contributed by atoms with E-state index in [1.807, 2.05) is 6.92 Å². The Labute approximate surface area is 181 Å². The predicted molar refractivity (Wildman–Crippen MR) is 114 cm³/mol. The normalized spacial score (nSPS) is 19.2. The number of amides is 2. The predicted octanol–water partition coefficient (Wildman–Crippen LogP) is 2.09. The van der Waals surface area contributed by atoms with Crippen LogP contribution in [0.1, 0.15) is 24.9 Å². The second-order valence-corrected chi connectivity index (χ2v) is 9.82. The van der Waals surface area contributed by atoms with Crippen LogP contribution in [-0.2, 0) is 19.4 Å². The first-order chi connectivity index (χ1) is 14.7. The fourth-order valence-corrected chi connectivity index (χ4v) is 4.38. The van der Waals surface area contributed by atoms with Gasteiger partial charge in [0.15, 0.2) is 21.3 Å². The average Bonchev–Trinajstić information content (AvgIpc) is 3.14. The highest BCUT2D eigenvalue weighted by Gasteiger charge is 2.36. The third kappa shape index (κ3) is 4.51. The van der Waals surface area contributed by atoms with Gasteiger partial charge in [-0.05, 0) is 36.8 Å². The number of fused-ring (bicyclic) bond motifs is 1. The molecule has 2 aliphatic heterocycles. The van der Waals surface area contributed by atoms with Crippen molar-refractivity contribution in [1.82, 2.24) is 5.32 Å². The monoisotopic (exact) mass is 444 g/mol. The van der Waals surface area contributed by atoms with Crippen molar-refractivity contribution in [2.24, 2.45) is 5.92 Å². The first-order valence-electron chi connectivity index (χ1n) is 10.0. The molecule has 4 rings (SSSR count). The van der Waals surface area contributed by atoms with Gasteiger partial charge in [-0.25, -0.2) is 8.42 Å². The molecule has 0 aliphatic carbocycles. The zero-order chi connectivity index (χ0) is 22.2. The highest BCUT2D eigenvalue weighted by atomic mass is 32.2. The van der Waals surface area contributed by atoms with Gasteiger partial charge >= 0.3 is 0 Å². The maximum atomic E-state index is 12.8. The molecule has 2 heterocycles. The molecule has 2 aromatic carbocycles. The Balaban J connectivity index is 1.41. The molecule has 8 nitrogen and oxygen atoms in total. The molecule has 2 aliphatic rings. The minimum absolute atomic E-state index is 0.123. The second kappa shape index (κ2) is 8.22. The summed E-state index contributed by atoms with van der Waals surface area (Å²) in [6.45, 7) is 3.05. The van der Waals surface area contributed by atoms with Crippen LogP contribution in [0.4, 0.5) is 5.69 Å². The molecule has 2 unspecified atom stereocenters. The number of rotatable bonds is 5. The minimum atomic E-state index is -3.27. The summed E-state index contributed by atoms with van der Waals surface area (Å²) in [4.78, 5) is 27.2. The molecule has 2 amide bonds. The summed E-state index contributed by atoms with van der Waals surface area (Å²) in [6, 6.07) is 11.4. The van der Waals surface area contributed by atoms with Crippen molar-refractivity contribution in [3.8, 4) is 11.5 Å². The third-order valence-corrected chi connectivity index (χ3v) is 6.63. The van der Waals surface area contributed by atoms with Crippen LogP contribution in [0.5, 0.6) is 11.5 Å². The number of ether oxygens (including phenoxy) is 2. The lowest BCUT2D eigenvalue weighted by Crippen LogP contribution is -2.34. The molecule has 2 atom stereocenters. The van der Waals surface area contributed by atoms with Crippen molar-refractivity contribution in [3.63, 3.8) is 0 Å². The van der Waals surface area contributed by atoms with E-state index in [1.165, 1.54) is 12.1 Å². The van der Waals surface area contributed by atoms with Gasteiger partial charge in [0.25, 0.3) is 0 Å². The Morgan fingerprint density at radius 3 is 2.45 bits per heavy atom. The molecule has 0 spiro atoms. The van der Waals surface area contributed by atoms with Crippen LogP contribution < -0.4 is 19.7 Å². The van der Waals surface area contributed by atoms with E-state index >= 15 is 0 Å². The summed E-state index contributed by atoms with van der Waals surface area (Å²) >= 11 is 0. The molecule has 0 saturated carbocycles. The Morgan fingerprint density at radius 2 is 1.77 bits per heavy atom. The quantitative estimate of drug-likeness (QED) is 0.758.